The molecule has 0 saturated carbocycles. The van der Waals surface area contributed by atoms with E-state index in [-0.39, 0.29) is 0 Å². The highest BCUT2D eigenvalue weighted by Crippen LogP contribution is 2.28. The molecule has 0 aromatic rings. The van der Waals surface area contributed by atoms with E-state index >= 15 is 0 Å². The summed E-state index contributed by atoms with van der Waals surface area (Å²) in [5, 5.41) is 5.07. The average Bonchev–Trinajstić information content (AvgIpc) is 2.24. The van der Waals surface area contributed by atoms with Crippen molar-refractivity contribution in [3.63, 3.8) is 0 Å². The first-order chi connectivity index (χ1) is 5.95. The Labute approximate surface area is 82.9 Å². The van der Waals surface area contributed by atoms with Gasteiger partial charge in [0.1, 0.15) is 0 Å². The van der Waals surface area contributed by atoms with Gasteiger partial charge in [0.25, 0.3) is 0 Å². The van der Waals surface area contributed by atoms with Crippen molar-refractivity contribution in [2.45, 2.75) is 72.1 Å². The van der Waals surface area contributed by atoms with Crippen LogP contribution in [0.3, 0.4) is 0 Å². The largest absolute Gasteiger partial charge is 0.236 e. The van der Waals surface area contributed by atoms with Crippen LogP contribution in [-0.4, -0.2) is 34.2 Å². The lowest BCUT2D eigenvalue weighted by molar-refractivity contribution is -0.0686. The normalized spacial score (nSPS) is 32.3. The standard InChI is InChI=1S/C11H24N2/c1-8(2)12-10(5)7-11(6)13(12)9(3)4/h8-11H,7H2,1-6H3/t10-,11+. The van der Waals surface area contributed by atoms with Crippen LogP contribution in [0.1, 0.15) is 48.0 Å². The molecule has 0 bridgehead atoms. The van der Waals surface area contributed by atoms with Gasteiger partial charge in [0.2, 0.25) is 0 Å². The van der Waals surface area contributed by atoms with E-state index in [9.17, 15) is 0 Å². The second kappa shape index (κ2) is 3.97. The minimum absolute atomic E-state index is 0.627. The second-order valence-electron chi connectivity index (χ2n) is 4.88. The predicted molar refractivity (Wildman–Crippen MR) is 57.5 cm³/mol. The smallest absolute Gasteiger partial charge is 0.0236 e. The Kier molecular flexibility index (Phi) is 3.36. The molecule has 2 nitrogen and oxygen atoms in total. The highest BCUT2D eigenvalue weighted by molar-refractivity contribution is 4.85. The zero-order valence-corrected chi connectivity index (χ0v) is 9.91. The summed E-state index contributed by atoms with van der Waals surface area (Å²) in [6.07, 6.45) is 1.30. The highest BCUT2D eigenvalue weighted by atomic mass is 15.7. The van der Waals surface area contributed by atoms with Gasteiger partial charge < -0.3 is 0 Å². The van der Waals surface area contributed by atoms with E-state index in [4.69, 9.17) is 0 Å². The maximum atomic E-state index is 2.54. The van der Waals surface area contributed by atoms with Crippen LogP contribution in [0.4, 0.5) is 0 Å². The quantitative estimate of drug-likeness (QED) is 0.650. The number of rotatable bonds is 2. The van der Waals surface area contributed by atoms with E-state index < -0.39 is 0 Å². The summed E-state index contributed by atoms with van der Waals surface area (Å²) in [7, 11) is 0. The molecule has 2 heteroatoms. The zero-order valence-electron chi connectivity index (χ0n) is 9.91. The van der Waals surface area contributed by atoms with Gasteiger partial charge in [-0.3, -0.25) is 0 Å². The molecule has 1 fully saturated rings. The van der Waals surface area contributed by atoms with Crippen LogP contribution in [0.15, 0.2) is 0 Å². The van der Waals surface area contributed by atoms with E-state index in [1.54, 1.807) is 0 Å². The summed E-state index contributed by atoms with van der Waals surface area (Å²) in [5.74, 6) is 0. The van der Waals surface area contributed by atoms with Gasteiger partial charge in [0, 0.05) is 24.2 Å². The van der Waals surface area contributed by atoms with E-state index in [2.05, 4.69) is 51.6 Å². The zero-order chi connectivity index (χ0) is 10.2. The summed E-state index contributed by atoms with van der Waals surface area (Å²) in [5.41, 5.74) is 0. The third-order valence-corrected chi connectivity index (χ3v) is 2.91. The topological polar surface area (TPSA) is 6.48 Å². The van der Waals surface area contributed by atoms with Gasteiger partial charge in [-0.15, -0.1) is 0 Å². The first-order valence-corrected chi connectivity index (χ1v) is 5.51. The minimum Gasteiger partial charge on any atom is -0.236 e. The molecule has 0 aliphatic carbocycles. The molecule has 0 aromatic heterocycles. The molecule has 13 heavy (non-hydrogen) atoms. The van der Waals surface area contributed by atoms with Crippen LogP contribution in [0.25, 0.3) is 0 Å². The Morgan fingerprint density at radius 3 is 1.38 bits per heavy atom. The van der Waals surface area contributed by atoms with Crippen molar-refractivity contribution in [1.29, 1.82) is 0 Å². The van der Waals surface area contributed by atoms with Crippen LogP contribution in [-0.2, 0) is 0 Å². The van der Waals surface area contributed by atoms with Gasteiger partial charge in [-0.25, -0.2) is 10.0 Å². The lowest BCUT2D eigenvalue weighted by Gasteiger charge is -2.38. The van der Waals surface area contributed by atoms with Crippen LogP contribution in [0.5, 0.6) is 0 Å². The Morgan fingerprint density at radius 2 is 1.15 bits per heavy atom. The minimum atomic E-state index is 0.627. The molecular weight excluding hydrogens is 160 g/mol. The maximum Gasteiger partial charge on any atom is 0.0236 e. The lowest BCUT2D eigenvalue weighted by atomic mass is 10.1. The second-order valence-corrected chi connectivity index (χ2v) is 4.88. The van der Waals surface area contributed by atoms with Gasteiger partial charge in [-0.2, -0.15) is 0 Å². The molecule has 0 N–H and O–H groups in total. The van der Waals surface area contributed by atoms with Crippen molar-refractivity contribution in [2.24, 2.45) is 0 Å². The van der Waals surface area contributed by atoms with Gasteiger partial charge in [0.15, 0.2) is 0 Å². The first kappa shape index (κ1) is 11.0. The molecule has 1 rings (SSSR count). The fourth-order valence-electron chi connectivity index (χ4n) is 2.72. The molecule has 1 saturated heterocycles. The fraction of sp³-hybridized carbons (Fsp3) is 1.00. The molecule has 0 spiro atoms. The SMILES string of the molecule is CC(C)N1[C@H](C)C[C@H](C)N1C(C)C. The molecular formula is C11H24N2. The van der Waals surface area contributed by atoms with Crippen LogP contribution >= 0.6 is 0 Å². The molecule has 1 heterocycles. The summed E-state index contributed by atoms with van der Waals surface area (Å²) in [6.45, 7) is 13.8. The van der Waals surface area contributed by atoms with Gasteiger partial charge in [0.05, 0.1) is 0 Å². The summed E-state index contributed by atoms with van der Waals surface area (Å²) < 4.78 is 0. The van der Waals surface area contributed by atoms with E-state index in [0.29, 0.717) is 24.2 Å². The average molecular weight is 184 g/mol. The highest BCUT2D eigenvalue weighted by Gasteiger charge is 2.36. The lowest BCUT2D eigenvalue weighted by Crippen LogP contribution is -2.49. The van der Waals surface area contributed by atoms with Crippen molar-refractivity contribution in [3.8, 4) is 0 Å². The third-order valence-electron chi connectivity index (χ3n) is 2.91. The Hall–Kier alpha value is -0.0800. The van der Waals surface area contributed by atoms with Crippen LogP contribution < -0.4 is 0 Å². The molecule has 0 aromatic carbocycles. The van der Waals surface area contributed by atoms with Crippen LogP contribution in [0, 0.1) is 0 Å². The maximum absolute atomic E-state index is 2.54. The van der Waals surface area contributed by atoms with Gasteiger partial charge >= 0.3 is 0 Å². The van der Waals surface area contributed by atoms with Crippen molar-refractivity contribution in [2.75, 3.05) is 0 Å². The Bertz CT molecular complexity index is 147. The summed E-state index contributed by atoms with van der Waals surface area (Å²) >= 11 is 0. The third kappa shape index (κ3) is 2.05. The summed E-state index contributed by atoms with van der Waals surface area (Å²) in [4.78, 5) is 0. The van der Waals surface area contributed by atoms with E-state index in [1.165, 1.54) is 6.42 Å². The van der Waals surface area contributed by atoms with Crippen molar-refractivity contribution in [3.05, 3.63) is 0 Å². The Balaban J connectivity index is 2.77. The molecule has 1 aliphatic heterocycles. The number of nitrogens with zero attached hydrogens (tertiary/aromatic N) is 2. The molecule has 0 amide bonds. The monoisotopic (exact) mass is 184 g/mol. The molecule has 78 valence electrons. The van der Waals surface area contributed by atoms with E-state index in [0.717, 1.165) is 0 Å². The number of hydrogen-bond acceptors (Lipinski definition) is 2. The summed E-state index contributed by atoms with van der Waals surface area (Å²) in [6, 6.07) is 2.67. The molecule has 0 unspecified atom stereocenters. The van der Waals surface area contributed by atoms with Crippen molar-refractivity contribution >= 4 is 0 Å². The van der Waals surface area contributed by atoms with Gasteiger partial charge in [-0.05, 0) is 48.0 Å². The predicted octanol–water partition coefficient (Wildman–Crippen LogP) is 2.50. The van der Waals surface area contributed by atoms with Crippen molar-refractivity contribution in [1.82, 2.24) is 10.0 Å². The van der Waals surface area contributed by atoms with Gasteiger partial charge in [-0.1, -0.05) is 0 Å². The number of hydrazine groups is 1. The molecule has 1 aliphatic rings. The van der Waals surface area contributed by atoms with E-state index in [1.807, 2.05) is 0 Å². The number of hydrogen-bond donors (Lipinski definition) is 0. The first-order valence-electron chi connectivity index (χ1n) is 5.51. The van der Waals surface area contributed by atoms with Crippen molar-refractivity contribution < 1.29 is 0 Å². The van der Waals surface area contributed by atoms with Crippen LogP contribution in [0.2, 0.25) is 0 Å². The molecule has 2 atom stereocenters. The fourth-order valence-corrected chi connectivity index (χ4v) is 2.72. The molecule has 0 radical (unpaired) electrons. The Morgan fingerprint density at radius 1 is 0.846 bits per heavy atom.